The highest BCUT2D eigenvalue weighted by atomic mass is 19.1. The minimum atomic E-state index is -1.04. The number of halogens is 1. The van der Waals surface area contributed by atoms with Crippen LogP contribution in [0.25, 0.3) is 10.9 Å². The number of fused-ring (bicyclic) bond motifs is 2. The quantitative estimate of drug-likeness (QED) is 0.868. The molecule has 1 aromatic heterocycles. The van der Waals surface area contributed by atoms with E-state index in [-0.39, 0.29) is 17.8 Å². The summed E-state index contributed by atoms with van der Waals surface area (Å²) in [5.74, 6) is -1.46. The van der Waals surface area contributed by atoms with Crippen molar-refractivity contribution < 1.29 is 19.0 Å². The molecular formula is C15H14FNO3. The average molecular weight is 275 g/mol. The number of aromatic carboxylic acids is 1. The first-order valence-electron chi connectivity index (χ1n) is 6.48. The second kappa shape index (κ2) is 4.52. The molecule has 3 rings (SSSR count). The first-order valence-corrected chi connectivity index (χ1v) is 6.48. The Morgan fingerprint density at radius 3 is 2.90 bits per heavy atom. The summed E-state index contributed by atoms with van der Waals surface area (Å²) >= 11 is 0. The molecule has 1 aliphatic rings. The lowest BCUT2D eigenvalue weighted by Gasteiger charge is -2.29. The minimum Gasteiger partial charge on any atom is -0.478 e. The van der Waals surface area contributed by atoms with Gasteiger partial charge in [0.25, 0.3) is 0 Å². The third kappa shape index (κ3) is 1.94. The smallest absolute Gasteiger partial charge is 0.336 e. The molecule has 0 saturated carbocycles. The number of carboxylic acid groups (broad SMARTS) is 1. The van der Waals surface area contributed by atoms with Gasteiger partial charge in [-0.2, -0.15) is 0 Å². The van der Waals surface area contributed by atoms with Crippen LogP contribution in [0.15, 0.2) is 18.2 Å². The molecule has 0 bridgehead atoms. The van der Waals surface area contributed by atoms with Crippen molar-refractivity contribution in [2.45, 2.75) is 32.5 Å². The Labute approximate surface area is 115 Å². The van der Waals surface area contributed by atoms with Crippen LogP contribution in [-0.4, -0.2) is 22.2 Å². The fourth-order valence-electron chi connectivity index (χ4n) is 2.86. The Kier molecular flexibility index (Phi) is 2.94. The summed E-state index contributed by atoms with van der Waals surface area (Å²) in [7, 11) is 0. The highest BCUT2D eigenvalue weighted by Gasteiger charge is 2.30. The van der Waals surface area contributed by atoms with E-state index >= 15 is 0 Å². The molecule has 2 heterocycles. The van der Waals surface area contributed by atoms with E-state index in [1.54, 1.807) is 0 Å². The van der Waals surface area contributed by atoms with Gasteiger partial charge in [-0.1, -0.05) is 0 Å². The summed E-state index contributed by atoms with van der Waals surface area (Å²) in [4.78, 5) is 16.1. The van der Waals surface area contributed by atoms with Crippen molar-refractivity contribution >= 4 is 16.9 Å². The van der Waals surface area contributed by atoms with E-state index < -0.39 is 11.8 Å². The number of ether oxygens (including phenoxy) is 1. The predicted molar refractivity (Wildman–Crippen MR) is 71.3 cm³/mol. The van der Waals surface area contributed by atoms with Gasteiger partial charge in [0.05, 0.1) is 29.0 Å². The van der Waals surface area contributed by atoms with Crippen molar-refractivity contribution in [3.05, 3.63) is 40.8 Å². The Bertz CT molecular complexity index is 714. The number of benzene rings is 1. The third-order valence-electron chi connectivity index (χ3n) is 3.60. The van der Waals surface area contributed by atoms with Crippen molar-refractivity contribution in [2.75, 3.05) is 0 Å². The first kappa shape index (κ1) is 13.0. The Hall–Kier alpha value is -2.01. The normalized spacial score (nSPS) is 21.8. The summed E-state index contributed by atoms with van der Waals surface area (Å²) < 4.78 is 19.0. The number of nitrogens with zero attached hydrogens (tertiary/aromatic N) is 1. The summed E-state index contributed by atoms with van der Waals surface area (Å²) in [6.07, 6.45) is 0.173. The monoisotopic (exact) mass is 275 g/mol. The van der Waals surface area contributed by atoms with Gasteiger partial charge >= 0.3 is 5.97 Å². The third-order valence-corrected chi connectivity index (χ3v) is 3.60. The van der Waals surface area contributed by atoms with Gasteiger partial charge in [-0.25, -0.2) is 9.18 Å². The Balaban J connectivity index is 2.39. The lowest BCUT2D eigenvalue weighted by molar-refractivity contribution is -0.00661. The van der Waals surface area contributed by atoms with Gasteiger partial charge in [0.2, 0.25) is 0 Å². The van der Waals surface area contributed by atoms with Crippen molar-refractivity contribution in [3.63, 3.8) is 0 Å². The van der Waals surface area contributed by atoms with Crippen LogP contribution < -0.4 is 0 Å². The number of carboxylic acids is 1. The van der Waals surface area contributed by atoms with Crippen LogP contribution in [0, 0.1) is 5.82 Å². The average Bonchev–Trinajstić information content (AvgIpc) is 2.35. The summed E-state index contributed by atoms with van der Waals surface area (Å²) in [6.45, 7) is 3.73. The molecule has 1 aliphatic heterocycles. The predicted octanol–water partition coefficient (Wildman–Crippen LogP) is 3.09. The molecule has 0 saturated heterocycles. The molecule has 2 aromatic rings. The van der Waals surface area contributed by atoms with Crippen molar-refractivity contribution in [2.24, 2.45) is 0 Å². The summed E-state index contributed by atoms with van der Waals surface area (Å²) in [5, 5.41) is 9.96. The van der Waals surface area contributed by atoms with Gasteiger partial charge in [0, 0.05) is 23.4 Å². The van der Waals surface area contributed by atoms with Crippen molar-refractivity contribution in [1.29, 1.82) is 0 Å². The van der Waals surface area contributed by atoms with Gasteiger partial charge in [-0.05, 0) is 26.0 Å². The SMILES string of the molecule is CC1Cc2nc3cc(F)ccc3c(C(=O)O)c2C(C)O1. The molecule has 0 amide bonds. The zero-order chi connectivity index (χ0) is 14.4. The van der Waals surface area contributed by atoms with Gasteiger partial charge in [-0.3, -0.25) is 4.98 Å². The fraction of sp³-hybridized carbons (Fsp3) is 0.333. The number of aromatic nitrogens is 1. The van der Waals surface area contributed by atoms with Crippen LogP contribution in [0.5, 0.6) is 0 Å². The molecule has 104 valence electrons. The molecule has 0 radical (unpaired) electrons. The zero-order valence-electron chi connectivity index (χ0n) is 11.2. The molecule has 0 aliphatic carbocycles. The minimum absolute atomic E-state index is 0.0299. The van der Waals surface area contributed by atoms with E-state index in [0.29, 0.717) is 28.6 Å². The highest BCUT2D eigenvalue weighted by Crippen LogP contribution is 2.35. The molecular weight excluding hydrogens is 261 g/mol. The summed E-state index contributed by atoms with van der Waals surface area (Å²) in [5.41, 5.74) is 1.84. The van der Waals surface area contributed by atoms with E-state index in [1.807, 2.05) is 13.8 Å². The van der Waals surface area contributed by atoms with Gasteiger partial charge in [-0.15, -0.1) is 0 Å². The van der Waals surface area contributed by atoms with Crippen LogP contribution in [0.2, 0.25) is 0 Å². The molecule has 0 fully saturated rings. The molecule has 2 unspecified atom stereocenters. The van der Waals surface area contributed by atoms with Gasteiger partial charge in [0.1, 0.15) is 5.82 Å². The molecule has 0 spiro atoms. The molecule has 5 heteroatoms. The van der Waals surface area contributed by atoms with E-state index in [1.165, 1.54) is 18.2 Å². The van der Waals surface area contributed by atoms with Gasteiger partial charge < -0.3 is 9.84 Å². The maximum Gasteiger partial charge on any atom is 0.336 e. The highest BCUT2D eigenvalue weighted by molar-refractivity contribution is 6.04. The largest absolute Gasteiger partial charge is 0.478 e. The van der Waals surface area contributed by atoms with Crippen LogP contribution in [0.1, 0.15) is 41.6 Å². The molecule has 1 N–H and O–H groups in total. The lowest BCUT2D eigenvalue weighted by atomic mass is 9.92. The van der Waals surface area contributed by atoms with Crippen LogP contribution in [0.4, 0.5) is 4.39 Å². The van der Waals surface area contributed by atoms with Crippen LogP contribution in [-0.2, 0) is 11.2 Å². The van der Waals surface area contributed by atoms with Crippen LogP contribution >= 0.6 is 0 Å². The Morgan fingerprint density at radius 1 is 1.45 bits per heavy atom. The lowest BCUT2D eigenvalue weighted by Crippen LogP contribution is -2.26. The zero-order valence-corrected chi connectivity index (χ0v) is 11.2. The van der Waals surface area contributed by atoms with E-state index in [4.69, 9.17) is 4.74 Å². The maximum absolute atomic E-state index is 13.3. The van der Waals surface area contributed by atoms with Crippen molar-refractivity contribution in [1.82, 2.24) is 4.98 Å². The number of hydrogen-bond donors (Lipinski definition) is 1. The number of hydrogen-bond acceptors (Lipinski definition) is 3. The standard InChI is InChI=1S/C15H14FNO3/c1-7-5-12-13(8(2)20-7)14(15(18)19)10-4-3-9(16)6-11(10)17-12/h3-4,6-8H,5H2,1-2H3,(H,18,19). The number of carbonyl (C=O) groups is 1. The Morgan fingerprint density at radius 2 is 2.20 bits per heavy atom. The van der Waals surface area contributed by atoms with E-state index in [0.717, 1.165) is 0 Å². The fourth-order valence-corrected chi connectivity index (χ4v) is 2.86. The van der Waals surface area contributed by atoms with Crippen LogP contribution in [0.3, 0.4) is 0 Å². The van der Waals surface area contributed by atoms with E-state index in [2.05, 4.69) is 4.98 Å². The summed E-state index contributed by atoms with van der Waals surface area (Å²) in [6, 6.07) is 3.98. The topological polar surface area (TPSA) is 59.4 Å². The second-order valence-corrected chi connectivity index (χ2v) is 5.11. The number of pyridine rings is 1. The maximum atomic E-state index is 13.3. The molecule has 4 nitrogen and oxygen atoms in total. The first-order chi connectivity index (χ1) is 9.47. The van der Waals surface area contributed by atoms with Gasteiger partial charge in [0.15, 0.2) is 0 Å². The second-order valence-electron chi connectivity index (χ2n) is 5.11. The molecule has 2 atom stereocenters. The molecule has 20 heavy (non-hydrogen) atoms. The van der Waals surface area contributed by atoms with E-state index in [9.17, 15) is 14.3 Å². The van der Waals surface area contributed by atoms with Crippen molar-refractivity contribution in [3.8, 4) is 0 Å². The molecule has 1 aromatic carbocycles. The number of rotatable bonds is 1.